The molecule has 170 valence electrons. The van der Waals surface area contributed by atoms with E-state index in [0.29, 0.717) is 28.8 Å². The number of halogens is 3. The number of benzene rings is 1. The summed E-state index contributed by atoms with van der Waals surface area (Å²) in [4.78, 5) is 23.3. The molecule has 0 bridgehead atoms. The van der Waals surface area contributed by atoms with Crippen LogP contribution in [-0.2, 0) is 6.18 Å². The van der Waals surface area contributed by atoms with E-state index in [1.165, 1.54) is 12.3 Å². The monoisotopic (exact) mass is 456 g/mol. The van der Waals surface area contributed by atoms with Gasteiger partial charge in [0.25, 0.3) is 5.56 Å². The zero-order chi connectivity index (χ0) is 23.4. The Balaban J connectivity index is 1.65. The van der Waals surface area contributed by atoms with E-state index in [0.717, 1.165) is 18.0 Å². The van der Waals surface area contributed by atoms with Crippen molar-refractivity contribution in [1.29, 1.82) is 0 Å². The van der Waals surface area contributed by atoms with Crippen molar-refractivity contribution in [3.63, 3.8) is 0 Å². The summed E-state index contributed by atoms with van der Waals surface area (Å²) in [6.07, 6.45) is -2.25. The van der Waals surface area contributed by atoms with Crippen molar-refractivity contribution in [2.24, 2.45) is 0 Å². The SMILES string of the molecule is O=c1[nH]ccc2cc(Nc3ccc(C(F)(F)F)cn3)nc(Nc3ccc(NCCO)cc3)c12. The first-order valence-corrected chi connectivity index (χ1v) is 9.88. The average molecular weight is 456 g/mol. The Hall–Kier alpha value is -4.12. The third-order valence-electron chi connectivity index (χ3n) is 4.69. The molecule has 0 radical (unpaired) electrons. The van der Waals surface area contributed by atoms with Crippen molar-refractivity contribution in [3.05, 3.63) is 76.8 Å². The average Bonchev–Trinajstić information content (AvgIpc) is 2.78. The molecule has 11 heteroatoms. The third kappa shape index (κ3) is 5.21. The van der Waals surface area contributed by atoms with Crippen molar-refractivity contribution in [2.75, 3.05) is 29.1 Å². The Morgan fingerprint density at radius 3 is 2.39 bits per heavy atom. The number of hydrogen-bond donors (Lipinski definition) is 5. The van der Waals surface area contributed by atoms with Crippen molar-refractivity contribution in [1.82, 2.24) is 15.0 Å². The van der Waals surface area contributed by atoms with E-state index in [9.17, 15) is 18.0 Å². The second-order valence-electron chi connectivity index (χ2n) is 7.03. The molecule has 33 heavy (non-hydrogen) atoms. The predicted octanol–water partition coefficient (Wildman–Crippen LogP) is 4.23. The summed E-state index contributed by atoms with van der Waals surface area (Å²) >= 11 is 0. The number of aromatic amines is 1. The van der Waals surface area contributed by atoms with Crippen molar-refractivity contribution < 1.29 is 18.3 Å². The molecule has 4 aromatic rings. The van der Waals surface area contributed by atoms with E-state index in [-0.39, 0.29) is 23.8 Å². The topological polar surface area (TPSA) is 115 Å². The number of aromatic nitrogens is 3. The zero-order valence-corrected chi connectivity index (χ0v) is 17.1. The summed E-state index contributed by atoms with van der Waals surface area (Å²) in [6, 6.07) is 12.6. The Labute approximate surface area is 185 Å². The lowest BCUT2D eigenvalue weighted by atomic mass is 10.2. The van der Waals surface area contributed by atoms with Crippen LogP contribution in [0, 0.1) is 0 Å². The third-order valence-corrected chi connectivity index (χ3v) is 4.69. The molecular formula is C22H19F3N6O2. The highest BCUT2D eigenvalue weighted by atomic mass is 19.4. The predicted molar refractivity (Wildman–Crippen MR) is 120 cm³/mol. The van der Waals surface area contributed by atoms with Gasteiger partial charge >= 0.3 is 6.18 Å². The van der Waals surface area contributed by atoms with E-state index >= 15 is 0 Å². The number of pyridine rings is 3. The second-order valence-corrected chi connectivity index (χ2v) is 7.03. The smallest absolute Gasteiger partial charge is 0.395 e. The van der Waals surface area contributed by atoms with Gasteiger partial charge in [-0.3, -0.25) is 4.79 Å². The van der Waals surface area contributed by atoms with Crippen LogP contribution in [0.2, 0.25) is 0 Å². The molecule has 5 N–H and O–H groups in total. The molecule has 0 fully saturated rings. The van der Waals surface area contributed by atoms with Crippen LogP contribution in [-0.4, -0.2) is 33.2 Å². The molecule has 0 spiro atoms. The quantitative estimate of drug-likeness (QED) is 0.283. The van der Waals surface area contributed by atoms with Crippen molar-refractivity contribution in [2.45, 2.75) is 6.18 Å². The van der Waals surface area contributed by atoms with Crippen LogP contribution in [0.3, 0.4) is 0 Å². The molecule has 0 saturated carbocycles. The number of hydrogen-bond acceptors (Lipinski definition) is 7. The number of H-pyrrole nitrogens is 1. The van der Waals surface area contributed by atoms with Gasteiger partial charge in [-0.25, -0.2) is 9.97 Å². The standard InChI is InChI=1S/C22H19F3N6O2/c23-22(24,25)14-1-6-17(28-12-14)30-18-11-13-7-8-27-21(33)19(13)20(31-18)29-16-4-2-15(3-5-16)26-9-10-32/h1-8,11-12,26,32H,9-10H2,(H,27,33)(H2,28,29,30,31). The second kappa shape index (κ2) is 9.17. The molecule has 0 atom stereocenters. The minimum Gasteiger partial charge on any atom is -0.395 e. The maximum atomic E-state index is 12.8. The molecule has 3 heterocycles. The highest BCUT2D eigenvalue weighted by Gasteiger charge is 2.30. The number of anilines is 5. The molecule has 0 aliphatic rings. The molecule has 3 aromatic heterocycles. The Kier molecular flexibility index (Phi) is 6.13. The molecule has 0 amide bonds. The van der Waals surface area contributed by atoms with Gasteiger partial charge in [0.2, 0.25) is 0 Å². The Morgan fingerprint density at radius 2 is 1.73 bits per heavy atom. The summed E-state index contributed by atoms with van der Waals surface area (Å²) in [5.41, 5.74) is 0.272. The largest absolute Gasteiger partial charge is 0.417 e. The minimum absolute atomic E-state index is 0.00622. The zero-order valence-electron chi connectivity index (χ0n) is 17.1. The lowest BCUT2D eigenvalue weighted by Gasteiger charge is -2.13. The molecule has 0 aliphatic heterocycles. The number of nitrogens with one attached hydrogen (secondary N) is 4. The van der Waals surface area contributed by atoms with Crippen LogP contribution in [0.5, 0.6) is 0 Å². The van der Waals surface area contributed by atoms with Crippen LogP contribution in [0.1, 0.15) is 5.56 Å². The maximum Gasteiger partial charge on any atom is 0.417 e. The van der Waals surface area contributed by atoms with Crippen molar-refractivity contribution >= 4 is 39.6 Å². The number of rotatable bonds is 7. The van der Waals surface area contributed by atoms with Crippen LogP contribution < -0.4 is 21.5 Å². The van der Waals surface area contributed by atoms with E-state index in [1.807, 2.05) is 0 Å². The van der Waals surface area contributed by atoms with Gasteiger partial charge in [0.1, 0.15) is 17.5 Å². The Morgan fingerprint density at radius 1 is 0.970 bits per heavy atom. The maximum absolute atomic E-state index is 12.8. The molecule has 0 unspecified atom stereocenters. The lowest BCUT2D eigenvalue weighted by Crippen LogP contribution is -2.10. The van der Waals surface area contributed by atoms with Crippen LogP contribution in [0.15, 0.2) is 65.7 Å². The molecule has 4 rings (SSSR count). The van der Waals surface area contributed by atoms with Gasteiger partial charge in [-0.1, -0.05) is 0 Å². The first-order chi connectivity index (χ1) is 15.8. The molecule has 1 aromatic carbocycles. The normalized spacial score (nSPS) is 11.4. The van der Waals surface area contributed by atoms with Gasteiger partial charge in [-0.2, -0.15) is 13.2 Å². The summed E-state index contributed by atoms with van der Waals surface area (Å²) in [5.74, 6) is 0.730. The van der Waals surface area contributed by atoms with Gasteiger partial charge in [0, 0.05) is 30.3 Å². The highest BCUT2D eigenvalue weighted by molar-refractivity contribution is 5.94. The number of fused-ring (bicyclic) bond motifs is 1. The summed E-state index contributed by atoms with van der Waals surface area (Å²) in [5, 5.41) is 18.8. The fourth-order valence-corrected chi connectivity index (χ4v) is 3.14. The van der Waals surface area contributed by atoms with E-state index in [4.69, 9.17) is 5.11 Å². The molecule has 8 nitrogen and oxygen atoms in total. The number of nitrogens with zero attached hydrogens (tertiary/aromatic N) is 2. The number of aliphatic hydroxyl groups is 1. The van der Waals surface area contributed by atoms with Gasteiger partial charge in [0.05, 0.1) is 17.6 Å². The van der Waals surface area contributed by atoms with Gasteiger partial charge < -0.3 is 26.0 Å². The van der Waals surface area contributed by atoms with Crippen LogP contribution >= 0.6 is 0 Å². The van der Waals surface area contributed by atoms with Gasteiger partial charge in [0.15, 0.2) is 0 Å². The van der Waals surface area contributed by atoms with Gasteiger partial charge in [-0.15, -0.1) is 0 Å². The van der Waals surface area contributed by atoms with E-state index < -0.39 is 11.7 Å². The van der Waals surface area contributed by atoms with Crippen LogP contribution in [0.25, 0.3) is 10.8 Å². The van der Waals surface area contributed by atoms with E-state index in [1.54, 1.807) is 36.4 Å². The summed E-state index contributed by atoms with van der Waals surface area (Å²) < 4.78 is 38.3. The van der Waals surface area contributed by atoms with Crippen LogP contribution in [0.4, 0.5) is 42.0 Å². The number of aliphatic hydroxyl groups excluding tert-OH is 1. The van der Waals surface area contributed by atoms with E-state index in [2.05, 4.69) is 30.9 Å². The first-order valence-electron chi connectivity index (χ1n) is 9.88. The summed E-state index contributed by atoms with van der Waals surface area (Å²) in [6.45, 7) is 0.423. The Bertz CT molecular complexity index is 1310. The lowest BCUT2D eigenvalue weighted by molar-refractivity contribution is -0.137. The fourth-order valence-electron chi connectivity index (χ4n) is 3.14. The first kappa shape index (κ1) is 22.1. The minimum atomic E-state index is -4.48. The summed E-state index contributed by atoms with van der Waals surface area (Å²) in [7, 11) is 0. The molecule has 0 saturated heterocycles. The number of alkyl halides is 3. The highest BCUT2D eigenvalue weighted by Crippen LogP contribution is 2.30. The molecule has 0 aliphatic carbocycles. The van der Waals surface area contributed by atoms with Crippen molar-refractivity contribution in [3.8, 4) is 0 Å². The molecular weight excluding hydrogens is 437 g/mol. The van der Waals surface area contributed by atoms with Gasteiger partial charge in [-0.05, 0) is 53.9 Å². The fraction of sp³-hybridized carbons (Fsp3) is 0.136.